The molecule has 9 nitrogen and oxygen atoms in total. The minimum Gasteiger partial charge on any atom is -0.494 e. The highest BCUT2D eigenvalue weighted by Crippen LogP contribution is 2.32. The van der Waals surface area contributed by atoms with Gasteiger partial charge >= 0.3 is 5.97 Å². The molecule has 45 heavy (non-hydrogen) atoms. The van der Waals surface area contributed by atoms with Gasteiger partial charge < -0.3 is 19.4 Å². The van der Waals surface area contributed by atoms with Crippen LogP contribution in [0, 0.1) is 0 Å². The van der Waals surface area contributed by atoms with E-state index in [0.717, 1.165) is 22.0 Å². The summed E-state index contributed by atoms with van der Waals surface area (Å²) in [6.07, 6.45) is 3.68. The summed E-state index contributed by atoms with van der Waals surface area (Å²) in [5.74, 6) is 0.0258. The number of fused-ring (bicyclic) bond motifs is 2. The van der Waals surface area contributed by atoms with Crippen molar-refractivity contribution in [2.24, 2.45) is 4.99 Å². The van der Waals surface area contributed by atoms with Crippen LogP contribution in [0.15, 0.2) is 106 Å². The number of aromatic nitrogens is 2. The van der Waals surface area contributed by atoms with E-state index in [-0.39, 0.29) is 24.0 Å². The molecule has 228 valence electrons. The molecule has 6 rings (SSSR count). The number of benzene rings is 3. The fraction of sp³-hybridized carbons (Fsp3) is 0.200. The van der Waals surface area contributed by atoms with Gasteiger partial charge in [0.2, 0.25) is 0 Å². The Balaban J connectivity index is 1.48. The second kappa shape index (κ2) is 12.8. The molecule has 3 aromatic carbocycles. The lowest BCUT2D eigenvalue weighted by molar-refractivity contribution is -0.143. The minimum absolute atomic E-state index is 0.0558. The first kappa shape index (κ1) is 29.8. The van der Waals surface area contributed by atoms with E-state index in [1.54, 1.807) is 18.4 Å². The van der Waals surface area contributed by atoms with E-state index in [1.165, 1.54) is 11.3 Å². The molecule has 0 bridgehead atoms. The molecule has 0 radical (unpaired) electrons. The van der Waals surface area contributed by atoms with Gasteiger partial charge in [-0.25, -0.2) is 4.99 Å². The normalized spacial score (nSPS) is 14.6. The number of carbonyl (C=O) groups is 2. The molecule has 10 heteroatoms. The van der Waals surface area contributed by atoms with E-state index in [0.29, 0.717) is 45.3 Å². The Labute approximate surface area is 263 Å². The average molecular weight is 621 g/mol. The molecule has 0 saturated heterocycles. The molecule has 1 amide bonds. The molecule has 0 spiro atoms. The number of rotatable bonds is 9. The lowest BCUT2D eigenvalue weighted by atomic mass is 9.95. The average Bonchev–Trinajstić information content (AvgIpc) is 3.53. The summed E-state index contributed by atoms with van der Waals surface area (Å²) in [5, 5.41) is 3.87. The summed E-state index contributed by atoms with van der Waals surface area (Å²) in [4.78, 5) is 45.6. The number of nitrogens with one attached hydrogen (secondary N) is 1. The Kier molecular flexibility index (Phi) is 8.48. The number of amides is 1. The number of hydrogen-bond donors (Lipinski definition) is 1. The third kappa shape index (κ3) is 5.97. The van der Waals surface area contributed by atoms with E-state index in [9.17, 15) is 14.4 Å². The van der Waals surface area contributed by atoms with Crippen LogP contribution in [0.1, 0.15) is 37.9 Å². The summed E-state index contributed by atoms with van der Waals surface area (Å²) >= 11 is 1.26. The molecule has 2 aromatic heterocycles. The molecular weight excluding hydrogens is 588 g/mol. The van der Waals surface area contributed by atoms with Crippen molar-refractivity contribution in [3.63, 3.8) is 0 Å². The standard InChI is InChI=1S/C35H32N4O5S/c1-4-43-26-17-15-23(16-18-26)32-31(33(41)37-25-11-7-6-8-12-25)22(3)36-35-39(32)34(42)29(45-35)19-24-20-38(21-30(40)44-5-2)28-14-10-9-13-27(24)28/h6-20,32H,4-5,21H2,1-3H3,(H,37,41)/b29-19-/t32-/m1/s1. The zero-order valence-electron chi connectivity index (χ0n) is 25.2. The maximum Gasteiger partial charge on any atom is 0.325 e. The topological polar surface area (TPSA) is 104 Å². The number of allylic oxidation sites excluding steroid dienone is 1. The maximum absolute atomic E-state index is 14.2. The number of thiazole rings is 1. The largest absolute Gasteiger partial charge is 0.494 e. The Hall–Kier alpha value is -5.22. The molecule has 0 saturated carbocycles. The van der Waals surface area contributed by atoms with Gasteiger partial charge in [0.25, 0.3) is 11.5 Å². The van der Waals surface area contributed by atoms with Crippen LogP contribution in [0.25, 0.3) is 17.0 Å². The zero-order valence-corrected chi connectivity index (χ0v) is 26.0. The minimum atomic E-state index is -0.715. The van der Waals surface area contributed by atoms with Crippen LogP contribution in [-0.2, 0) is 20.9 Å². The fourth-order valence-electron chi connectivity index (χ4n) is 5.57. The van der Waals surface area contributed by atoms with Gasteiger partial charge in [-0.2, -0.15) is 0 Å². The lowest BCUT2D eigenvalue weighted by Crippen LogP contribution is -2.40. The maximum atomic E-state index is 14.2. The monoisotopic (exact) mass is 620 g/mol. The summed E-state index contributed by atoms with van der Waals surface area (Å²) in [6.45, 7) is 6.36. The third-order valence-corrected chi connectivity index (χ3v) is 8.50. The number of esters is 1. The van der Waals surface area contributed by atoms with Gasteiger partial charge in [0, 0.05) is 28.4 Å². The van der Waals surface area contributed by atoms with E-state index in [4.69, 9.17) is 14.5 Å². The van der Waals surface area contributed by atoms with Crippen molar-refractivity contribution in [2.75, 3.05) is 18.5 Å². The van der Waals surface area contributed by atoms with Crippen molar-refractivity contribution >= 4 is 45.9 Å². The van der Waals surface area contributed by atoms with E-state index < -0.39 is 6.04 Å². The quantitative estimate of drug-likeness (QED) is 0.239. The highest BCUT2D eigenvalue weighted by atomic mass is 32.1. The molecule has 5 aromatic rings. The molecule has 1 aliphatic rings. The molecule has 0 unspecified atom stereocenters. The van der Waals surface area contributed by atoms with Gasteiger partial charge in [-0.15, -0.1) is 0 Å². The predicted octanol–water partition coefficient (Wildman–Crippen LogP) is 4.79. The Morgan fingerprint density at radius 2 is 1.71 bits per heavy atom. The Bertz CT molecular complexity index is 2110. The second-order valence-corrected chi connectivity index (χ2v) is 11.4. The van der Waals surface area contributed by atoms with Crippen molar-refractivity contribution in [1.82, 2.24) is 9.13 Å². The van der Waals surface area contributed by atoms with E-state index in [1.807, 2.05) is 103 Å². The molecule has 1 atom stereocenters. The smallest absolute Gasteiger partial charge is 0.325 e. The first-order valence-corrected chi connectivity index (χ1v) is 15.5. The molecule has 1 aliphatic heterocycles. The van der Waals surface area contributed by atoms with Crippen molar-refractivity contribution in [2.45, 2.75) is 33.4 Å². The third-order valence-electron chi connectivity index (χ3n) is 7.52. The van der Waals surface area contributed by atoms with Gasteiger partial charge in [0.1, 0.15) is 12.3 Å². The predicted molar refractivity (Wildman–Crippen MR) is 175 cm³/mol. The number of anilines is 1. The number of para-hydroxylation sites is 2. The van der Waals surface area contributed by atoms with Gasteiger partial charge in [0.15, 0.2) is 4.80 Å². The van der Waals surface area contributed by atoms with E-state index >= 15 is 0 Å². The zero-order chi connectivity index (χ0) is 31.5. The number of ether oxygens (including phenoxy) is 2. The van der Waals surface area contributed by atoms with Gasteiger partial charge in [-0.05, 0) is 62.7 Å². The number of hydrogen-bond acceptors (Lipinski definition) is 7. The first-order chi connectivity index (χ1) is 21.9. The number of nitrogens with zero attached hydrogens (tertiary/aromatic N) is 3. The Morgan fingerprint density at radius 1 is 0.978 bits per heavy atom. The molecule has 3 heterocycles. The summed E-state index contributed by atoms with van der Waals surface area (Å²) in [6, 6.07) is 23.6. The van der Waals surface area contributed by atoms with Crippen LogP contribution in [-0.4, -0.2) is 34.2 Å². The summed E-state index contributed by atoms with van der Waals surface area (Å²) in [7, 11) is 0. The highest BCUT2D eigenvalue weighted by molar-refractivity contribution is 7.07. The first-order valence-electron chi connectivity index (χ1n) is 14.7. The van der Waals surface area contributed by atoms with E-state index in [2.05, 4.69) is 5.32 Å². The molecule has 0 aliphatic carbocycles. The Morgan fingerprint density at radius 3 is 2.44 bits per heavy atom. The van der Waals surface area contributed by atoms with Crippen molar-refractivity contribution in [1.29, 1.82) is 0 Å². The van der Waals surface area contributed by atoms with Crippen LogP contribution in [0.3, 0.4) is 0 Å². The van der Waals surface area contributed by atoms with Gasteiger partial charge in [0.05, 0.1) is 35.1 Å². The van der Waals surface area contributed by atoms with Gasteiger partial charge in [-0.3, -0.25) is 19.0 Å². The molecule has 1 N–H and O–H groups in total. The van der Waals surface area contributed by atoms with Crippen LogP contribution >= 0.6 is 11.3 Å². The van der Waals surface area contributed by atoms with Crippen molar-refractivity contribution in [3.05, 3.63) is 127 Å². The highest BCUT2D eigenvalue weighted by Gasteiger charge is 2.32. The fourth-order valence-corrected chi connectivity index (χ4v) is 6.61. The summed E-state index contributed by atoms with van der Waals surface area (Å²) in [5.41, 5.74) is 3.68. The molecular formula is C35H32N4O5S. The van der Waals surface area contributed by atoms with Crippen LogP contribution in [0.2, 0.25) is 0 Å². The number of carbonyl (C=O) groups excluding carboxylic acids is 2. The lowest BCUT2D eigenvalue weighted by Gasteiger charge is -2.25. The van der Waals surface area contributed by atoms with Crippen molar-refractivity contribution < 1.29 is 19.1 Å². The second-order valence-electron chi connectivity index (χ2n) is 10.4. The SMILES string of the molecule is CCOC(=O)Cn1cc(/C=c2\sc3n(c2=O)[C@H](c2ccc(OCC)cc2)C(C(=O)Nc2ccccc2)=C(C)N=3)c2ccccc21. The van der Waals surface area contributed by atoms with Crippen LogP contribution in [0.4, 0.5) is 5.69 Å². The van der Waals surface area contributed by atoms with Crippen LogP contribution < -0.4 is 24.9 Å². The molecule has 0 fully saturated rings. The van der Waals surface area contributed by atoms with Gasteiger partial charge in [-0.1, -0.05) is 59.9 Å². The summed E-state index contributed by atoms with van der Waals surface area (Å²) < 4.78 is 14.7. The van der Waals surface area contributed by atoms with Crippen molar-refractivity contribution in [3.8, 4) is 5.75 Å². The van der Waals surface area contributed by atoms with Crippen LogP contribution in [0.5, 0.6) is 5.75 Å².